The van der Waals surface area contributed by atoms with Crippen LogP contribution < -0.4 is 9.47 Å². The molecule has 0 saturated carbocycles. The van der Waals surface area contributed by atoms with E-state index >= 15 is 0 Å². The third-order valence-electron chi connectivity index (χ3n) is 5.65. The number of benzene rings is 1. The molecule has 2 fully saturated rings. The second-order valence-corrected chi connectivity index (χ2v) is 9.83. The summed E-state index contributed by atoms with van der Waals surface area (Å²) in [6.45, 7) is 7.40. The van der Waals surface area contributed by atoms with Crippen LogP contribution in [0.5, 0.6) is 11.5 Å². The Kier molecular flexibility index (Phi) is 7.26. The van der Waals surface area contributed by atoms with Gasteiger partial charge >= 0.3 is 17.5 Å². The number of methoxy groups -OCH3 is 1. The third-order valence-corrected chi connectivity index (χ3v) is 6.30. The zero-order valence-electron chi connectivity index (χ0n) is 18.0. The molecule has 3 rings (SSSR count). The van der Waals surface area contributed by atoms with Crippen LogP contribution in [0.15, 0.2) is 18.2 Å². The minimum atomic E-state index is -1.63. The molecule has 0 radical (unpaired) electrons. The van der Waals surface area contributed by atoms with Gasteiger partial charge in [-0.25, -0.2) is 4.79 Å². The summed E-state index contributed by atoms with van der Waals surface area (Å²) in [5, 5.41) is 9.54. The lowest BCUT2D eigenvalue weighted by Crippen LogP contribution is -2.53. The molecule has 2 saturated heterocycles. The van der Waals surface area contributed by atoms with E-state index in [0.717, 1.165) is 12.0 Å². The number of ether oxygens (including phenoxy) is 2. The smallest absolute Gasteiger partial charge is 0.407 e. The lowest BCUT2D eigenvalue weighted by Gasteiger charge is -2.44. The summed E-state index contributed by atoms with van der Waals surface area (Å²) >= 11 is -1.63. The summed E-state index contributed by atoms with van der Waals surface area (Å²) in [6, 6.07) is 5.70. The fraction of sp³-hybridized carbons (Fsp3) is 0.667. The summed E-state index contributed by atoms with van der Waals surface area (Å²) in [5.74, 6) is 1.42. The quantitative estimate of drug-likeness (QED) is 0.748. The van der Waals surface area contributed by atoms with Gasteiger partial charge in [0.05, 0.1) is 20.3 Å². The predicted molar refractivity (Wildman–Crippen MR) is 112 cm³/mol. The van der Waals surface area contributed by atoms with E-state index in [0.29, 0.717) is 44.1 Å². The first-order valence-corrected chi connectivity index (χ1v) is 11.2. The Hall–Kier alpha value is -1.84. The fourth-order valence-corrected chi connectivity index (χ4v) is 4.72. The average Bonchev–Trinajstić information content (AvgIpc) is 2.70. The van der Waals surface area contributed by atoms with Crippen LogP contribution in [0, 0.1) is 11.3 Å². The molecule has 1 aromatic rings. The number of nitrogens with zero attached hydrogens (tertiary/aromatic N) is 1. The fourth-order valence-electron chi connectivity index (χ4n) is 4.04. The van der Waals surface area contributed by atoms with Crippen molar-refractivity contribution in [2.24, 2.45) is 11.3 Å². The maximum absolute atomic E-state index is 11.6. The van der Waals surface area contributed by atoms with Crippen molar-refractivity contribution in [3.8, 4) is 11.5 Å². The van der Waals surface area contributed by atoms with Gasteiger partial charge in [-0.15, -0.1) is 0 Å². The second kappa shape index (κ2) is 9.53. The Morgan fingerprint density at radius 2 is 1.97 bits per heavy atom. The highest BCUT2D eigenvalue weighted by Gasteiger charge is 2.39. The molecule has 9 heteroatoms. The van der Waals surface area contributed by atoms with Crippen LogP contribution in [-0.4, -0.2) is 59.3 Å². The number of amides is 1. The summed E-state index contributed by atoms with van der Waals surface area (Å²) in [4.78, 5) is 13.2. The topological polar surface area (TPSA) is 94.5 Å². The molecule has 2 aliphatic heterocycles. The van der Waals surface area contributed by atoms with Crippen molar-refractivity contribution >= 4 is 17.5 Å². The van der Waals surface area contributed by atoms with Crippen LogP contribution in [0.3, 0.4) is 0 Å². The second-order valence-electron chi connectivity index (χ2n) is 8.95. The van der Waals surface area contributed by atoms with Crippen LogP contribution in [0.2, 0.25) is 0 Å². The first-order chi connectivity index (χ1) is 14.2. The van der Waals surface area contributed by atoms with Crippen molar-refractivity contribution in [1.29, 1.82) is 0 Å². The van der Waals surface area contributed by atoms with Crippen molar-refractivity contribution in [1.82, 2.24) is 4.90 Å². The molecule has 1 aromatic carbocycles. The molecule has 0 aromatic heterocycles. The van der Waals surface area contributed by atoms with E-state index in [1.807, 2.05) is 18.2 Å². The molecule has 2 heterocycles. The predicted octanol–water partition coefficient (Wildman–Crippen LogP) is 3.42. The molecular weight excluding hydrogens is 410 g/mol. The normalized spacial score (nSPS) is 27.5. The highest BCUT2D eigenvalue weighted by atomic mass is 32.2. The maximum Gasteiger partial charge on any atom is 0.407 e. The lowest BCUT2D eigenvalue weighted by molar-refractivity contribution is 0.0123. The Morgan fingerprint density at radius 3 is 2.57 bits per heavy atom. The molecule has 8 nitrogen and oxygen atoms in total. The highest BCUT2D eigenvalue weighted by molar-refractivity contribution is 7.75. The molecule has 0 spiro atoms. The van der Waals surface area contributed by atoms with E-state index in [9.17, 15) is 14.1 Å². The van der Waals surface area contributed by atoms with Crippen molar-refractivity contribution < 1.29 is 31.9 Å². The van der Waals surface area contributed by atoms with Crippen LogP contribution in [0.25, 0.3) is 0 Å². The number of carbonyl (C=O) groups is 1. The van der Waals surface area contributed by atoms with Gasteiger partial charge in [0.1, 0.15) is 6.10 Å². The number of hydrogen-bond donors (Lipinski definition) is 1. The van der Waals surface area contributed by atoms with E-state index in [1.165, 1.54) is 4.90 Å². The first kappa shape index (κ1) is 22.8. The third kappa shape index (κ3) is 5.65. The zero-order valence-corrected chi connectivity index (χ0v) is 18.8. The number of hydrogen-bond acceptors (Lipinski definition) is 6. The van der Waals surface area contributed by atoms with Crippen LogP contribution in [0.1, 0.15) is 39.2 Å². The van der Waals surface area contributed by atoms with Crippen LogP contribution in [0.4, 0.5) is 4.79 Å². The van der Waals surface area contributed by atoms with E-state index in [4.69, 9.17) is 17.8 Å². The number of carboxylic acid groups (broad SMARTS) is 1. The van der Waals surface area contributed by atoms with Crippen LogP contribution >= 0.6 is 0 Å². The molecule has 1 N–H and O–H groups in total. The van der Waals surface area contributed by atoms with Gasteiger partial charge in [0.2, 0.25) is 0 Å². The molecule has 168 valence electrons. The Labute approximate surface area is 180 Å². The number of rotatable bonds is 5. The standard InChI is InChI=1S/C21H31NO7S/c1-21(2,3)19-11-16(7-8-22(19)20(23)24)29-17-6-5-14(10-18(17)26-4)9-15-12-27-30(25)28-13-15/h5-6,10,15-16,19H,7-9,11-13H2,1-4H3,(H,23,24)/t15?,16-,19+,30?/m0/s1. The van der Waals surface area contributed by atoms with Crippen LogP contribution in [-0.2, 0) is 26.1 Å². The van der Waals surface area contributed by atoms with Gasteiger partial charge in [0.15, 0.2) is 11.5 Å². The molecule has 2 atom stereocenters. The average molecular weight is 442 g/mol. The van der Waals surface area contributed by atoms with E-state index in [-0.39, 0.29) is 23.5 Å². The van der Waals surface area contributed by atoms with Gasteiger partial charge in [0, 0.05) is 31.3 Å². The van der Waals surface area contributed by atoms with Gasteiger partial charge in [-0.2, -0.15) is 4.21 Å². The van der Waals surface area contributed by atoms with Gasteiger partial charge in [-0.1, -0.05) is 26.8 Å². The Bertz CT molecular complexity index is 769. The molecule has 0 aliphatic carbocycles. The summed E-state index contributed by atoms with van der Waals surface area (Å²) in [7, 11) is 1.60. The van der Waals surface area contributed by atoms with Crippen molar-refractivity contribution in [2.75, 3.05) is 26.9 Å². The molecule has 30 heavy (non-hydrogen) atoms. The van der Waals surface area contributed by atoms with Gasteiger partial charge in [0.25, 0.3) is 0 Å². The van der Waals surface area contributed by atoms with E-state index < -0.39 is 17.5 Å². The molecule has 0 bridgehead atoms. The molecular formula is C21H31NO7S. The first-order valence-electron chi connectivity index (χ1n) is 10.2. The number of likely N-dealkylation sites (tertiary alicyclic amines) is 1. The summed E-state index contributed by atoms with van der Waals surface area (Å²) in [5.41, 5.74) is 0.875. The van der Waals surface area contributed by atoms with Crippen molar-refractivity contribution in [3.05, 3.63) is 23.8 Å². The van der Waals surface area contributed by atoms with Crippen molar-refractivity contribution in [3.63, 3.8) is 0 Å². The summed E-state index contributed by atoms with van der Waals surface area (Å²) < 4.78 is 33.0. The maximum atomic E-state index is 11.6. The highest BCUT2D eigenvalue weighted by Crippen LogP contribution is 2.36. The molecule has 1 amide bonds. The largest absolute Gasteiger partial charge is 0.493 e. The minimum absolute atomic E-state index is 0.0836. The number of piperidine rings is 1. The molecule has 2 aliphatic rings. The SMILES string of the molecule is COc1cc(CC2COS(=O)OC2)ccc1O[C@H]1CCN(C(=O)O)[C@@H](C(C)(C)C)C1. The van der Waals surface area contributed by atoms with E-state index in [1.54, 1.807) is 7.11 Å². The lowest BCUT2D eigenvalue weighted by atomic mass is 9.80. The monoisotopic (exact) mass is 441 g/mol. The Balaban J connectivity index is 1.67. The van der Waals surface area contributed by atoms with Gasteiger partial charge in [-0.3, -0.25) is 8.37 Å². The van der Waals surface area contributed by atoms with Gasteiger partial charge in [-0.05, 0) is 29.5 Å². The summed E-state index contributed by atoms with van der Waals surface area (Å²) in [6.07, 6.45) is 1.03. The minimum Gasteiger partial charge on any atom is -0.493 e. The van der Waals surface area contributed by atoms with Gasteiger partial charge < -0.3 is 19.5 Å². The Morgan fingerprint density at radius 1 is 1.27 bits per heavy atom. The zero-order chi connectivity index (χ0) is 21.9. The van der Waals surface area contributed by atoms with E-state index in [2.05, 4.69) is 20.8 Å². The molecule has 0 unspecified atom stereocenters. The van der Waals surface area contributed by atoms with Crippen molar-refractivity contribution in [2.45, 2.75) is 52.2 Å².